The molecule has 0 nitrogen and oxygen atoms in total. The first-order valence-corrected chi connectivity index (χ1v) is 1.50. The van der Waals surface area contributed by atoms with Crippen molar-refractivity contribution in [1.82, 2.24) is 0 Å². The van der Waals surface area contributed by atoms with Crippen molar-refractivity contribution in [2.24, 2.45) is 0 Å². The van der Waals surface area contributed by atoms with Crippen molar-refractivity contribution in [3.05, 3.63) is 13.2 Å². The summed E-state index contributed by atoms with van der Waals surface area (Å²) in [4.78, 5) is 0. The predicted octanol–water partition coefficient (Wildman–Crippen LogP) is 2.67. The summed E-state index contributed by atoms with van der Waals surface area (Å²) in [6.45, 7) is 10.0. The molecule has 6 heavy (non-hydrogen) atoms. The highest BCUT2D eigenvalue weighted by atomic mass is 35.5. The summed E-state index contributed by atoms with van der Waals surface area (Å²) < 4.78 is 0. The third-order valence-electron chi connectivity index (χ3n) is 0. The zero-order chi connectivity index (χ0) is 4.00. The average molecular weight is 131 g/mol. The monoisotopic (exact) mass is 130 g/mol. The standard InChI is InChI=1S/C2H6.C2H4.2ClH/c2*1-2;;/h1-2H3;1-2H2;2*1H. The Bertz CT molecular complexity index is 5.51. The minimum absolute atomic E-state index is 0. The molecule has 0 aromatic carbocycles. The van der Waals surface area contributed by atoms with Crippen LogP contribution in [0.1, 0.15) is 13.8 Å². The van der Waals surface area contributed by atoms with Gasteiger partial charge in [-0.25, -0.2) is 0 Å². The van der Waals surface area contributed by atoms with Gasteiger partial charge in [0.05, 0.1) is 0 Å². The molecular weight excluding hydrogens is 119 g/mol. The normalized spacial score (nSPS) is 1.67. The van der Waals surface area contributed by atoms with E-state index in [1.54, 1.807) is 0 Å². The van der Waals surface area contributed by atoms with Crippen molar-refractivity contribution in [1.29, 1.82) is 0 Å². The van der Waals surface area contributed by atoms with Gasteiger partial charge in [-0.1, -0.05) is 13.8 Å². The molecule has 0 fully saturated rings. The molecule has 0 N–H and O–H groups in total. The van der Waals surface area contributed by atoms with E-state index >= 15 is 0 Å². The van der Waals surface area contributed by atoms with Crippen LogP contribution in [0.2, 0.25) is 0 Å². The lowest BCUT2D eigenvalue weighted by atomic mass is 11.0. The molecule has 0 spiro atoms. The maximum Gasteiger partial charge on any atom is -0.0683 e. The highest BCUT2D eigenvalue weighted by Gasteiger charge is 0.932. The van der Waals surface area contributed by atoms with Gasteiger partial charge < -0.3 is 0 Å². The van der Waals surface area contributed by atoms with Gasteiger partial charge in [0.1, 0.15) is 0 Å². The summed E-state index contributed by atoms with van der Waals surface area (Å²) in [5, 5.41) is 0. The van der Waals surface area contributed by atoms with Crippen molar-refractivity contribution in [2.45, 2.75) is 13.8 Å². The van der Waals surface area contributed by atoms with Gasteiger partial charge in [0.25, 0.3) is 0 Å². The van der Waals surface area contributed by atoms with Crippen LogP contribution in [-0.2, 0) is 0 Å². The predicted molar refractivity (Wildman–Crippen MR) is 37.1 cm³/mol. The van der Waals surface area contributed by atoms with Crippen LogP contribution in [0.5, 0.6) is 0 Å². The third kappa shape index (κ3) is 465. The Morgan fingerprint density at radius 2 is 0.833 bits per heavy atom. The fourth-order valence-corrected chi connectivity index (χ4v) is 0. The van der Waals surface area contributed by atoms with Crippen molar-refractivity contribution in [3.8, 4) is 0 Å². The first kappa shape index (κ1) is 33.2. The van der Waals surface area contributed by atoms with Crippen LogP contribution in [-0.4, -0.2) is 0 Å². The molecule has 0 aromatic heterocycles. The van der Waals surface area contributed by atoms with Crippen LogP contribution >= 0.6 is 24.8 Å². The highest BCUT2D eigenvalue weighted by molar-refractivity contribution is 5.85. The Morgan fingerprint density at radius 1 is 0.833 bits per heavy atom. The summed E-state index contributed by atoms with van der Waals surface area (Å²) in [7, 11) is 0. The summed E-state index contributed by atoms with van der Waals surface area (Å²) >= 11 is 0. The maximum atomic E-state index is 3.00. The Balaban J connectivity index is -0.00000000500. The van der Waals surface area contributed by atoms with Gasteiger partial charge in [-0.15, -0.1) is 38.0 Å². The van der Waals surface area contributed by atoms with Gasteiger partial charge in [0.2, 0.25) is 0 Å². The minimum Gasteiger partial charge on any atom is -0.147 e. The first-order valence-electron chi connectivity index (χ1n) is 1.50. The van der Waals surface area contributed by atoms with Crippen LogP contribution in [0.4, 0.5) is 0 Å². The number of rotatable bonds is 0. The van der Waals surface area contributed by atoms with Crippen LogP contribution in [0, 0.1) is 0 Å². The molecule has 42 valence electrons. The molecule has 0 aliphatic heterocycles. The van der Waals surface area contributed by atoms with Gasteiger partial charge >= 0.3 is 0 Å². The second kappa shape index (κ2) is 970. The average Bonchev–Trinajstić information content (AvgIpc) is 1.50. The molecule has 0 radical (unpaired) electrons. The van der Waals surface area contributed by atoms with Gasteiger partial charge in [0.15, 0.2) is 0 Å². The Labute approximate surface area is 52.5 Å². The summed E-state index contributed by atoms with van der Waals surface area (Å²) in [5.74, 6) is 0. The first-order chi connectivity index (χ1) is 2.00. The van der Waals surface area contributed by atoms with Crippen LogP contribution in [0.25, 0.3) is 0 Å². The highest BCUT2D eigenvalue weighted by Crippen LogP contribution is 1.14. The lowest BCUT2D eigenvalue weighted by molar-refractivity contribution is 1.50. The lowest BCUT2D eigenvalue weighted by Crippen LogP contribution is -0.856. The molecule has 0 aliphatic carbocycles. The lowest BCUT2D eigenvalue weighted by Gasteiger charge is -1.07. The molecular formula is C4H12Cl2. The van der Waals surface area contributed by atoms with E-state index in [1.807, 2.05) is 13.8 Å². The molecule has 0 unspecified atom stereocenters. The van der Waals surface area contributed by atoms with E-state index in [1.165, 1.54) is 0 Å². The van der Waals surface area contributed by atoms with Gasteiger partial charge in [-0.05, 0) is 0 Å². The fraction of sp³-hybridized carbons (Fsp3) is 0.500. The zero-order valence-electron chi connectivity index (χ0n) is 4.23. The molecule has 0 saturated heterocycles. The van der Waals surface area contributed by atoms with E-state index in [0.29, 0.717) is 0 Å². The van der Waals surface area contributed by atoms with Crippen molar-refractivity contribution < 1.29 is 0 Å². The molecule has 0 bridgehead atoms. The van der Waals surface area contributed by atoms with E-state index < -0.39 is 0 Å². The number of hydrogen-bond acceptors (Lipinski definition) is 0. The quantitative estimate of drug-likeness (QED) is 0.443. The Hall–Kier alpha value is 0.320. The van der Waals surface area contributed by atoms with E-state index in [-0.39, 0.29) is 24.8 Å². The Kier molecular flexibility index (Phi) is 5370. The fourth-order valence-electron chi connectivity index (χ4n) is 0. The third-order valence-corrected chi connectivity index (χ3v) is 0. The Morgan fingerprint density at radius 3 is 0.833 bits per heavy atom. The summed E-state index contributed by atoms with van der Waals surface area (Å²) in [6, 6.07) is 0. The van der Waals surface area contributed by atoms with Crippen molar-refractivity contribution >= 4 is 24.8 Å². The SMILES string of the molecule is C=C.CC.Cl.Cl. The largest absolute Gasteiger partial charge is 0.147 e. The summed E-state index contributed by atoms with van der Waals surface area (Å²) in [5.41, 5.74) is 0. The molecule has 0 amide bonds. The van der Waals surface area contributed by atoms with E-state index in [9.17, 15) is 0 Å². The molecule has 0 atom stereocenters. The minimum atomic E-state index is 0. The maximum absolute atomic E-state index is 3.00. The van der Waals surface area contributed by atoms with Crippen LogP contribution in [0.15, 0.2) is 13.2 Å². The molecule has 0 heterocycles. The molecule has 0 rings (SSSR count). The van der Waals surface area contributed by atoms with Crippen molar-refractivity contribution in [3.63, 3.8) is 0 Å². The van der Waals surface area contributed by atoms with E-state index in [4.69, 9.17) is 0 Å². The van der Waals surface area contributed by atoms with Crippen molar-refractivity contribution in [2.75, 3.05) is 0 Å². The van der Waals surface area contributed by atoms with Gasteiger partial charge in [-0.3, -0.25) is 0 Å². The molecule has 0 aromatic rings. The molecule has 0 aliphatic rings. The molecule has 2 heteroatoms. The van der Waals surface area contributed by atoms with Gasteiger partial charge in [0, 0.05) is 0 Å². The van der Waals surface area contributed by atoms with Crippen LogP contribution in [0.3, 0.4) is 0 Å². The second-order valence-electron chi connectivity index (χ2n) is 0. The second-order valence-corrected chi connectivity index (χ2v) is 0. The van der Waals surface area contributed by atoms with E-state index in [2.05, 4.69) is 13.2 Å². The van der Waals surface area contributed by atoms with E-state index in [0.717, 1.165) is 0 Å². The van der Waals surface area contributed by atoms with Gasteiger partial charge in [-0.2, -0.15) is 0 Å². The molecule has 0 saturated carbocycles. The topological polar surface area (TPSA) is 0 Å². The van der Waals surface area contributed by atoms with Crippen LogP contribution < -0.4 is 0 Å². The smallest absolute Gasteiger partial charge is 0.0683 e. The number of hydrogen-bond donors (Lipinski definition) is 0. The number of halogens is 2. The summed E-state index contributed by atoms with van der Waals surface area (Å²) in [6.07, 6.45) is 0. The zero-order valence-corrected chi connectivity index (χ0v) is 5.86.